The lowest BCUT2D eigenvalue weighted by Crippen LogP contribution is -2.55. The van der Waals surface area contributed by atoms with E-state index in [-0.39, 0.29) is 36.8 Å². The number of carbonyl (C=O) groups excluding carboxylic acids is 2. The number of carbonyl (C=O) groups is 2. The zero-order valence-electron chi connectivity index (χ0n) is 42.1. The van der Waals surface area contributed by atoms with Crippen LogP contribution in [0.5, 0.6) is 0 Å². The van der Waals surface area contributed by atoms with Crippen LogP contribution in [0.4, 0.5) is 0 Å². The minimum Gasteiger partial charge on any atom is -0.442 e. The summed E-state index contributed by atoms with van der Waals surface area (Å²) in [7, 11) is 5.05. The number of alkyl halides is 1. The highest BCUT2D eigenvalue weighted by Crippen LogP contribution is 2.31. The van der Waals surface area contributed by atoms with Crippen LogP contribution >= 0.6 is 11.6 Å². The van der Waals surface area contributed by atoms with Gasteiger partial charge in [-0.1, -0.05) is 52.1 Å². The topological polar surface area (TPSA) is 235 Å². The van der Waals surface area contributed by atoms with Crippen molar-refractivity contribution in [2.75, 3.05) is 41.0 Å². The van der Waals surface area contributed by atoms with E-state index < -0.39 is 71.6 Å². The van der Waals surface area contributed by atoms with Gasteiger partial charge in [0, 0.05) is 57.3 Å². The number of halogens is 1. The third kappa shape index (κ3) is 22.7. The molecule has 1 saturated carbocycles. The van der Waals surface area contributed by atoms with E-state index in [0.29, 0.717) is 37.8 Å². The molecule has 9 N–H and O–H groups in total. The first-order valence-electron chi connectivity index (χ1n) is 24.1. The van der Waals surface area contributed by atoms with E-state index in [1.165, 1.54) is 40.0 Å². The fourth-order valence-electron chi connectivity index (χ4n) is 8.06. The third-order valence-electron chi connectivity index (χ3n) is 12.5. The first-order chi connectivity index (χ1) is 30.1. The Morgan fingerprint density at radius 3 is 2.17 bits per heavy atom. The molecule has 0 radical (unpaired) electrons. The predicted octanol–water partition coefficient (Wildman–Crippen LogP) is 4.46. The summed E-state index contributed by atoms with van der Waals surface area (Å²) in [6.45, 7) is 21.7. The lowest BCUT2D eigenvalue weighted by molar-refractivity contribution is -0.245. The molecule has 1 amide bonds. The van der Waals surface area contributed by atoms with Gasteiger partial charge in [-0.25, -0.2) is 0 Å². The summed E-state index contributed by atoms with van der Waals surface area (Å²) in [6.07, 6.45) is 3.99. The predicted molar refractivity (Wildman–Crippen MR) is 253 cm³/mol. The molecule has 16 nitrogen and oxygen atoms in total. The number of cyclic esters (lactones) is 1. The van der Waals surface area contributed by atoms with Crippen LogP contribution in [0.15, 0.2) is 0 Å². The Kier molecular flexibility index (Phi) is 32.6. The van der Waals surface area contributed by atoms with Crippen molar-refractivity contribution in [2.24, 2.45) is 23.5 Å². The number of aliphatic hydroxyl groups excluding tert-OH is 4. The van der Waals surface area contributed by atoms with Crippen molar-refractivity contribution in [3.05, 3.63) is 0 Å². The van der Waals surface area contributed by atoms with Gasteiger partial charge in [0.05, 0.1) is 54.6 Å². The molecule has 3 aliphatic rings. The quantitative estimate of drug-likeness (QED) is 0.0644. The van der Waals surface area contributed by atoms with Crippen LogP contribution in [0.1, 0.15) is 147 Å². The van der Waals surface area contributed by atoms with E-state index in [1.807, 2.05) is 48.7 Å². The third-order valence-corrected chi connectivity index (χ3v) is 13.1. The molecule has 64 heavy (non-hydrogen) atoms. The van der Waals surface area contributed by atoms with Crippen LogP contribution in [0, 0.1) is 17.8 Å². The number of esters is 1. The van der Waals surface area contributed by atoms with Crippen molar-refractivity contribution in [3.63, 3.8) is 0 Å². The molecule has 0 spiro atoms. The van der Waals surface area contributed by atoms with E-state index in [4.69, 9.17) is 51.2 Å². The lowest BCUT2D eigenvalue weighted by atomic mass is 9.81. The van der Waals surface area contributed by atoms with Gasteiger partial charge in [-0.15, -0.1) is 0 Å². The summed E-state index contributed by atoms with van der Waals surface area (Å²) in [6, 6.07) is 0.358. The molecule has 2 aliphatic heterocycles. The van der Waals surface area contributed by atoms with Crippen LogP contribution < -0.4 is 16.4 Å². The summed E-state index contributed by atoms with van der Waals surface area (Å²) in [5.74, 6) is -3.00. The number of aliphatic hydroxyl groups is 5. The smallest absolute Gasteiger partial charge is 0.312 e. The first-order valence-corrected chi connectivity index (χ1v) is 24.6. The summed E-state index contributed by atoms with van der Waals surface area (Å²) >= 11 is 6.30. The van der Waals surface area contributed by atoms with Gasteiger partial charge in [0.2, 0.25) is 11.5 Å². The zero-order chi connectivity index (χ0) is 49.3. The van der Waals surface area contributed by atoms with Gasteiger partial charge >= 0.3 is 5.97 Å². The van der Waals surface area contributed by atoms with E-state index in [1.54, 1.807) is 6.92 Å². The monoisotopic (exact) mass is 943 g/mol. The number of ether oxygens (including phenoxy) is 5. The normalized spacial score (nSPS) is 35.8. The molecule has 11 unspecified atom stereocenters. The van der Waals surface area contributed by atoms with Crippen molar-refractivity contribution in [2.45, 2.75) is 231 Å². The summed E-state index contributed by atoms with van der Waals surface area (Å²) < 4.78 is 30.0. The number of amides is 1. The summed E-state index contributed by atoms with van der Waals surface area (Å²) in [5.41, 5.74) is 2.54. The highest BCUT2D eigenvalue weighted by Gasteiger charge is 2.47. The molecule has 0 aromatic rings. The van der Waals surface area contributed by atoms with Gasteiger partial charge in [-0.3, -0.25) is 9.59 Å². The maximum absolute atomic E-state index is 13.3. The van der Waals surface area contributed by atoms with Gasteiger partial charge < -0.3 is 70.5 Å². The second-order valence-electron chi connectivity index (χ2n) is 18.5. The molecule has 2 saturated heterocycles. The van der Waals surface area contributed by atoms with Crippen LogP contribution in [0.3, 0.4) is 0 Å². The van der Waals surface area contributed by atoms with E-state index >= 15 is 0 Å². The van der Waals surface area contributed by atoms with E-state index in [0.717, 1.165) is 45.9 Å². The first kappa shape index (κ1) is 62.8. The van der Waals surface area contributed by atoms with Gasteiger partial charge in [-0.05, 0) is 120 Å². The number of hydrogen-bond donors (Lipinski definition) is 8. The molecule has 17 atom stereocenters. The maximum Gasteiger partial charge on any atom is 0.312 e. The Hall–Kier alpha value is -1.25. The largest absolute Gasteiger partial charge is 0.442 e. The molecule has 0 aromatic heterocycles. The molecule has 0 aromatic carbocycles. The van der Waals surface area contributed by atoms with Crippen molar-refractivity contribution in [1.29, 1.82) is 0 Å². The number of nitrogens with one attached hydrogen (secondary N) is 2. The van der Waals surface area contributed by atoms with Crippen LogP contribution in [-0.2, 0) is 33.3 Å². The number of hydrogen-bond acceptors (Lipinski definition) is 15. The molecular formula is C47H95ClN4O12. The minimum absolute atomic E-state index is 0.00176. The number of rotatable bonds is 15. The molecule has 0 bridgehead atoms. The number of nitrogens with zero attached hydrogens (tertiary/aromatic N) is 1. The highest BCUT2D eigenvalue weighted by atomic mass is 35.5. The molecule has 382 valence electrons. The molecule has 3 rings (SSSR count). The molecule has 17 heteroatoms. The minimum atomic E-state index is -2.16. The van der Waals surface area contributed by atoms with Gasteiger partial charge in [0.15, 0.2) is 6.29 Å². The zero-order valence-corrected chi connectivity index (χ0v) is 42.9. The SMILES string of the molecule is CC.CC(CC1CCCCC1N)NCCCOC1C[C@@H](C)NC(=O)C(C)C(O)[C@](C)(O)[C@@H](Cl)OC(=O)C(C)[C@@H](O)C[C@H]1OC1CC(N(C)C)CC(C)O1.CCCOC(C)[C@@H](C)O.CO. The van der Waals surface area contributed by atoms with Crippen molar-refractivity contribution < 1.29 is 58.8 Å². The lowest BCUT2D eigenvalue weighted by Gasteiger charge is -2.40. The number of nitrogens with two attached hydrogens (primary N) is 1. The average Bonchev–Trinajstić information content (AvgIpc) is 3.25. The Labute approximate surface area is 392 Å². The van der Waals surface area contributed by atoms with Crippen molar-refractivity contribution >= 4 is 23.5 Å². The summed E-state index contributed by atoms with van der Waals surface area (Å²) in [4.78, 5) is 28.7. The van der Waals surface area contributed by atoms with Gasteiger partial charge in [0.1, 0.15) is 5.60 Å². The van der Waals surface area contributed by atoms with E-state index in [2.05, 4.69) is 29.4 Å². The Morgan fingerprint density at radius 2 is 1.59 bits per heavy atom. The molecular weight excluding hydrogens is 848 g/mol. The fourth-order valence-corrected chi connectivity index (χ4v) is 8.27. The molecule has 3 fully saturated rings. The molecule has 2 heterocycles. The van der Waals surface area contributed by atoms with Gasteiger partial charge in [0.25, 0.3) is 0 Å². The fraction of sp³-hybridized carbons (Fsp3) is 0.957. The highest BCUT2D eigenvalue weighted by molar-refractivity contribution is 6.21. The van der Waals surface area contributed by atoms with Crippen LogP contribution in [0.25, 0.3) is 0 Å². The maximum atomic E-state index is 13.3. The van der Waals surface area contributed by atoms with E-state index in [9.17, 15) is 24.9 Å². The molecule has 1 aliphatic carbocycles. The average molecular weight is 944 g/mol. The second kappa shape index (κ2) is 33.3. The van der Waals surface area contributed by atoms with Gasteiger partial charge in [-0.2, -0.15) is 0 Å². The van der Waals surface area contributed by atoms with Crippen LogP contribution in [0.2, 0.25) is 0 Å². The van der Waals surface area contributed by atoms with Crippen molar-refractivity contribution in [1.82, 2.24) is 15.5 Å². The standard InChI is InChI=1S/C37H69ClN4O9.C7H16O2.C2H6.CH4O/c1-21(16-26-12-9-10-13-28(26)39)40-14-11-15-48-30-17-22(2)41-34(45)25(5)33(44)37(6,47)36(38)51-35(46)24(4)29(43)20-31(30)50-32-19-27(42(7)8)18-23(3)49-32;1-4-5-9-7(3)6(2)8;2*1-2/h21-33,36,40,43-44,47H,9-20,39H2,1-8H3,(H,41,45);6-8H,4-5H2,1-3H3;1-2H3;2H,1H3/t21?,22-,23?,24?,25?,26?,27?,28?,29+,30?,31-,32?,33?,36+,37+;6-,7?;;/m11../s1. The Balaban J connectivity index is 0.00000268. The second-order valence-corrected chi connectivity index (χ2v) is 18.9. The van der Waals surface area contributed by atoms with Crippen LogP contribution in [-0.4, -0.2) is 168 Å². The van der Waals surface area contributed by atoms with Crippen molar-refractivity contribution in [3.8, 4) is 0 Å². The Morgan fingerprint density at radius 1 is 0.969 bits per heavy atom. The summed E-state index contributed by atoms with van der Waals surface area (Å²) in [5, 5.41) is 55.9. The Bertz CT molecular complexity index is 1220.